The Kier molecular flexibility index (Phi) is 3.93. The lowest BCUT2D eigenvalue weighted by Gasteiger charge is -2.24. The number of fused-ring (bicyclic) bond motifs is 2. The minimum absolute atomic E-state index is 0.0609. The van der Waals surface area contributed by atoms with Crippen molar-refractivity contribution in [1.29, 1.82) is 0 Å². The van der Waals surface area contributed by atoms with Crippen molar-refractivity contribution >= 4 is 16.9 Å². The van der Waals surface area contributed by atoms with Gasteiger partial charge >= 0.3 is 0 Å². The van der Waals surface area contributed by atoms with E-state index in [9.17, 15) is 4.79 Å². The van der Waals surface area contributed by atoms with Gasteiger partial charge in [-0.15, -0.1) is 0 Å². The monoisotopic (exact) mass is 362 g/mol. The molecular formula is C21H22N4O2. The molecule has 1 atom stereocenters. The molecule has 3 aromatic rings. The Morgan fingerprint density at radius 2 is 2.22 bits per heavy atom. The van der Waals surface area contributed by atoms with E-state index in [-0.39, 0.29) is 11.9 Å². The summed E-state index contributed by atoms with van der Waals surface area (Å²) in [6.45, 7) is 4.42. The number of aryl methyl sites for hydroxylation is 1. The van der Waals surface area contributed by atoms with Gasteiger partial charge in [0, 0.05) is 54.5 Å². The molecule has 0 spiro atoms. The van der Waals surface area contributed by atoms with E-state index in [0.717, 1.165) is 66.0 Å². The van der Waals surface area contributed by atoms with Crippen molar-refractivity contribution in [3.63, 3.8) is 0 Å². The third-order valence-corrected chi connectivity index (χ3v) is 5.68. The largest absolute Gasteiger partial charge is 0.451 e. The van der Waals surface area contributed by atoms with E-state index >= 15 is 0 Å². The molecule has 138 valence electrons. The molecule has 0 unspecified atom stereocenters. The van der Waals surface area contributed by atoms with Crippen LogP contribution in [0.5, 0.6) is 0 Å². The van der Waals surface area contributed by atoms with E-state index in [1.165, 1.54) is 0 Å². The van der Waals surface area contributed by atoms with Gasteiger partial charge in [-0.05, 0) is 25.8 Å². The predicted molar refractivity (Wildman–Crippen MR) is 101 cm³/mol. The number of hydrogen-bond donors (Lipinski definition) is 1. The maximum Gasteiger partial charge on any atom is 0.290 e. The lowest BCUT2D eigenvalue weighted by atomic mass is 10.1. The second-order valence-corrected chi connectivity index (χ2v) is 7.34. The number of nitrogens with one attached hydrogen (secondary N) is 1. The van der Waals surface area contributed by atoms with Crippen LogP contribution in [0.4, 0.5) is 0 Å². The number of aromatic nitrogens is 2. The van der Waals surface area contributed by atoms with Crippen LogP contribution in [-0.2, 0) is 13.0 Å². The molecule has 1 aromatic carbocycles. The van der Waals surface area contributed by atoms with E-state index in [0.29, 0.717) is 12.3 Å². The van der Waals surface area contributed by atoms with Gasteiger partial charge in [-0.1, -0.05) is 18.2 Å². The number of rotatable bonds is 2. The molecule has 5 rings (SSSR count). The highest BCUT2D eigenvalue weighted by Gasteiger charge is 2.35. The third kappa shape index (κ3) is 2.72. The van der Waals surface area contributed by atoms with Gasteiger partial charge in [0.25, 0.3) is 5.91 Å². The van der Waals surface area contributed by atoms with Gasteiger partial charge < -0.3 is 14.6 Å². The first-order valence-electron chi connectivity index (χ1n) is 9.57. The fraction of sp³-hybridized carbons (Fsp3) is 0.381. The average Bonchev–Trinajstić information content (AvgIpc) is 3.33. The van der Waals surface area contributed by atoms with Crippen molar-refractivity contribution in [3.8, 4) is 0 Å². The standard InChI is InChI=1S/C21H22N4O2/c1-13-15-5-2-3-7-18(15)27-19(13)21(26)25-10-4-6-17(25)20-23-12-14-11-22-9-8-16(14)24-20/h2-3,5,7,12,17,22H,4,6,8-11H2,1H3/t17-/m1/s1. The first kappa shape index (κ1) is 16.4. The zero-order valence-electron chi connectivity index (χ0n) is 15.4. The van der Waals surface area contributed by atoms with Crippen LogP contribution < -0.4 is 5.32 Å². The summed E-state index contributed by atoms with van der Waals surface area (Å²) in [6.07, 6.45) is 4.67. The van der Waals surface area contributed by atoms with Gasteiger partial charge in [0.2, 0.25) is 0 Å². The summed E-state index contributed by atoms with van der Waals surface area (Å²) in [7, 11) is 0. The van der Waals surface area contributed by atoms with E-state index in [4.69, 9.17) is 9.40 Å². The molecule has 1 N–H and O–H groups in total. The number of para-hydroxylation sites is 1. The Hall–Kier alpha value is -2.73. The zero-order chi connectivity index (χ0) is 18.4. The van der Waals surface area contributed by atoms with E-state index in [2.05, 4.69) is 10.3 Å². The minimum Gasteiger partial charge on any atom is -0.451 e. The molecule has 1 saturated heterocycles. The van der Waals surface area contributed by atoms with Crippen molar-refractivity contribution in [1.82, 2.24) is 20.2 Å². The number of hydrogen-bond acceptors (Lipinski definition) is 5. The lowest BCUT2D eigenvalue weighted by molar-refractivity contribution is 0.0698. The fourth-order valence-electron chi connectivity index (χ4n) is 4.20. The quantitative estimate of drug-likeness (QED) is 0.758. The Morgan fingerprint density at radius 1 is 1.33 bits per heavy atom. The highest BCUT2D eigenvalue weighted by Crippen LogP contribution is 2.34. The topological polar surface area (TPSA) is 71.3 Å². The molecule has 0 aliphatic carbocycles. The lowest BCUT2D eigenvalue weighted by Crippen LogP contribution is -2.32. The van der Waals surface area contributed by atoms with Crippen LogP contribution in [0.2, 0.25) is 0 Å². The minimum atomic E-state index is -0.0784. The second-order valence-electron chi connectivity index (χ2n) is 7.34. The molecule has 6 nitrogen and oxygen atoms in total. The molecule has 2 aliphatic heterocycles. The van der Waals surface area contributed by atoms with E-state index in [1.54, 1.807) is 0 Å². The molecular weight excluding hydrogens is 340 g/mol. The van der Waals surface area contributed by atoms with Gasteiger partial charge in [0.05, 0.1) is 6.04 Å². The number of carbonyl (C=O) groups excluding carboxylic acids is 1. The van der Waals surface area contributed by atoms with Crippen LogP contribution in [0.1, 0.15) is 52.1 Å². The molecule has 0 saturated carbocycles. The fourth-order valence-corrected chi connectivity index (χ4v) is 4.20. The van der Waals surface area contributed by atoms with Crippen molar-refractivity contribution in [2.45, 2.75) is 38.8 Å². The maximum absolute atomic E-state index is 13.3. The van der Waals surface area contributed by atoms with Gasteiger partial charge in [-0.2, -0.15) is 0 Å². The smallest absolute Gasteiger partial charge is 0.290 e. The van der Waals surface area contributed by atoms with Crippen molar-refractivity contribution < 1.29 is 9.21 Å². The summed E-state index contributed by atoms with van der Waals surface area (Å²) in [5.41, 5.74) is 3.93. The molecule has 4 heterocycles. The van der Waals surface area contributed by atoms with Crippen molar-refractivity contribution in [3.05, 3.63) is 58.9 Å². The van der Waals surface area contributed by atoms with Crippen molar-refractivity contribution in [2.24, 2.45) is 0 Å². The number of amides is 1. The van der Waals surface area contributed by atoms with Crippen LogP contribution in [0, 0.1) is 6.92 Å². The first-order chi connectivity index (χ1) is 13.2. The van der Waals surface area contributed by atoms with Crippen LogP contribution >= 0.6 is 0 Å². The van der Waals surface area contributed by atoms with Crippen LogP contribution in [0.15, 0.2) is 34.9 Å². The van der Waals surface area contributed by atoms with Gasteiger partial charge in [-0.25, -0.2) is 9.97 Å². The summed E-state index contributed by atoms with van der Waals surface area (Å²) in [5.74, 6) is 1.13. The zero-order valence-corrected chi connectivity index (χ0v) is 15.4. The molecule has 1 fully saturated rings. The van der Waals surface area contributed by atoms with E-state index < -0.39 is 0 Å². The van der Waals surface area contributed by atoms with Crippen LogP contribution in [-0.4, -0.2) is 33.9 Å². The number of furan rings is 1. The summed E-state index contributed by atoms with van der Waals surface area (Å²) in [4.78, 5) is 24.6. The number of benzene rings is 1. The SMILES string of the molecule is Cc1c(C(=O)N2CCC[C@@H]2c2ncc3c(n2)CCNC3)oc2ccccc12. The Labute approximate surface area is 157 Å². The summed E-state index contributed by atoms with van der Waals surface area (Å²) in [6, 6.07) is 7.71. The Bertz CT molecular complexity index is 1030. The Balaban J connectivity index is 1.48. The number of carbonyl (C=O) groups is 1. The van der Waals surface area contributed by atoms with Gasteiger partial charge in [-0.3, -0.25) is 4.79 Å². The summed E-state index contributed by atoms with van der Waals surface area (Å²) in [5, 5.41) is 4.33. The van der Waals surface area contributed by atoms with Gasteiger partial charge in [0.1, 0.15) is 5.58 Å². The predicted octanol–water partition coefficient (Wildman–Crippen LogP) is 3.15. The van der Waals surface area contributed by atoms with Crippen molar-refractivity contribution in [2.75, 3.05) is 13.1 Å². The van der Waals surface area contributed by atoms with Crippen LogP contribution in [0.3, 0.4) is 0 Å². The average molecular weight is 362 g/mol. The first-order valence-corrected chi connectivity index (χ1v) is 9.57. The number of nitrogens with zero attached hydrogens (tertiary/aromatic N) is 3. The molecule has 0 bridgehead atoms. The maximum atomic E-state index is 13.3. The highest BCUT2D eigenvalue weighted by molar-refractivity contribution is 5.99. The van der Waals surface area contributed by atoms with Gasteiger partial charge in [0.15, 0.2) is 11.6 Å². The second kappa shape index (κ2) is 6.46. The Morgan fingerprint density at radius 3 is 3.11 bits per heavy atom. The summed E-state index contributed by atoms with van der Waals surface area (Å²) >= 11 is 0. The highest BCUT2D eigenvalue weighted by atomic mass is 16.3. The molecule has 2 aromatic heterocycles. The molecule has 27 heavy (non-hydrogen) atoms. The van der Waals surface area contributed by atoms with Crippen LogP contribution in [0.25, 0.3) is 11.0 Å². The third-order valence-electron chi connectivity index (χ3n) is 5.68. The number of likely N-dealkylation sites (tertiary alicyclic amines) is 1. The van der Waals surface area contributed by atoms with E-state index in [1.807, 2.05) is 42.3 Å². The summed E-state index contributed by atoms with van der Waals surface area (Å²) < 4.78 is 5.91. The molecule has 2 aliphatic rings. The molecule has 6 heteroatoms. The molecule has 1 amide bonds. The normalized spacial score (nSPS) is 19.4. The molecule has 0 radical (unpaired) electrons.